The van der Waals surface area contributed by atoms with Gasteiger partial charge in [0.25, 0.3) is 5.56 Å². The third kappa shape index (κ3) is 2.32. The van der Waals surface area contributed by atoms with Gasteiger partial charge in [0.15, 0.2) is 0 Å². The molecule has 2 aromatic rings. The van der Waals surface area contributed by atoms with Crippen molar-refractivity contribution in [2.45, 2.75) is 13.0 Å². The van der Waals surface area contributed by atoms with Gasteiger partial charge < -0.3 is 14.6 Å². The quantitative estimate of drug-likeness (QED) is 0.920. The molecule has 1 N–H and O–H groups in total. The summed E-state index contributed by atoms with van der Waals surface area (Å²) < 4.78 is 5.04. The lowest BCUT2D eigenvalue weighted by atomic mass is 10.1. The first-order valence-electron chi connectivity index (χ1n) is 6.61. The molecule has 0 bridgehead atoms. The topological polar surface area (TPSA) is 58.2 Å². The molecule has 0 saturated heterocycles. The van der Waals surface area contributed by atoms with Crippen molar-refractivity contribution in [3.63, 3.8) is 0 Å². The monoisotopic (exact) mass is 271 g/mol. The predicted octanol–water partition coefficient (Wildman–Crippen LogP) is 1.58. The minimum atomic E-state index is -0.153. The van der Waals surface area contributed by atoms with Crippen molar-refractivity contribution in [3.05, 3.63) is 45.9 Å². The van der Waals surface area contributed by atoms with Crippen LogP contribution in [0.4, 0.5) is 5.69 Å². The summed E-state index contributed by atoms with van der Waals surface area (Å²) in [4.78, 5) is 21.2. The van der Waals surface area contributed by atoms with Crippen molar-refractivity contribution in [3.8, 4) is 11.4 Å². The Balaban J connectivity index is 2.03. The van der Waals surface area contributed by atoms with Crippen LogP contribution in [0.1, 0.15) is 11.3 Å². The Morgan fingerprint density at radius 2 is 2.25 bits per heavy atom. The summed E-state index contributed by atoms with van der Waals surface area (Å²) in [5.41, 5.74) is 3.98. The van der Waals surface area contributed by atoms with Gasteiger partial charge >= 0.3 is 0 Å². The molecule has 0 saturated carbocycles. The standard InChI is InChI=1S/C15H17N3O2/c1-18-6-5-10-7-11(3-4-13(10)18)15-16-12(9-20-2)8-14(19)17-15/h3-4,7-8H,5-6,9H2,1-2H3,(H,16,17,19). The summed E-state index contributed by atoms with van der Waals surface area (Å²) in [6.07, 6.45) is 1.03. The number of hydrogen-bond donors (Lipinski definition) is 1. The van der Waals surface area contributed by atoms with Crippen molar-refractivity contribution >= 4 is 5.69 Å². The number of methoxy groups -OCH3 is 1. The molecule has 0 spiro atoms. The second-order valence-electron chi connectivity index (χ2n) is 5.03. The van der Waals surface area contributed by atoms with E-state index < -0.39 is 0 Å². The Hall–Kier alpha value is -2.14. The highest BCUT2D eigenvalue weighted by Gasteiger charge is 2.16. The molecule has 5 heteroatoms. The van der Waals surface area contributed by atoms with E-state index in [9.17, 15) is 4.79 Å². The molecule has 3 rings (SSSR count). The molecule has 1 aliphatic heterocycles. The number of benzene rings is 1. The fraction of sp³-hybridized carbons (Fsp3) is 0.333. The van der Waals surface area contributed by atoms with E-state index in [2.05, 4.69) is 34.0 Å². The SMILES string of the molecule is COCc1cc(=O)[nH]c(-c2ccc3c(c2)CCN3C)n1. The first-order chi connectivity index (χ1) is 9.67. The van der Waals surface area contributed by atoms with E-state index in [1.807, 2.05) is 6.07 Å². The molecular weight excluding hydrogens is 254 g/mol. The molecule has 20 heavy (non-hydrogen) atoms. The molecule has 2 heterocycles. The number of nitrogens with zero attached hydrogens (tertiary/aromatic N) is 2. The van der Waals surface area contributed by atoms with Gasteiger partial charge in [-0.25, -0.2) is 4.98 Å². The Bertz CT molecular complexity index is 694. The zero-order valence-corrected chi connectivity index (χ0v) is 11.6. The van der Waals surface area contributed by atoms with Crippen molar-refractivity contribution in [2.75, 3.05) is 25.6 Å². The van der Waals surface area contributed by atoms with Gasteiger partial charge in [0.2, 0.25) is 0 Å². The highest BCUT2D eigenvalue weighted by molar-refractivity contribution is 5.66. The maximum atomic E-state index is 11.7. The van der Waals surface area contributed by atoms with Gasteiger partial charge in [-0.3, -0.25) is 4.79 Å². The number of anilines is 1. The first-order valence-corrected chi connectivity index (χ1v) is 6.61. The van der Waals surface area contributed by atoms with E-state index in [1.54, 1.807) is 7.11 Å². The molecule has 104 valence electrons. The summed E-state index contributed by atoms with van der Waals surface area (Å²) in [5.74, 6) is 0.599. The minimum Gasteiger partial charge on any atom is -0.378 e. The summed E-state index contributed by atoms with van der Waals surface area (Å²) >= 11 is 0. The molecule has 0 fully saturated rings. The second-order valence-corrected chi connectivity index (χ2v) is 5.03. The Labute approximate surface area is 117 Å². The van der Waals surface area contributed by atoms with E-state index in [1.165, 1.54) is 17.3 Å². The summed E-state index contributed by atoms with van der Waals surface area (Å²) in [6.45, 7) is 1.37. The first kappa shape index (κ1) is 12.9. The third-order valence-corrected chi connectivity index (χ3v) is 3.57. The molecule has 0 atom stereocenters. The number of H-pyrrole nitrogens is 1. The van der Waals surface area contributed by atoms with Crippen molar-refractivity contribution in [2.24, 2.45) is 0 Å². The highest BCUT2D eigenvalue weighted by atomic mass is 16.5. The molecule has 5 nitrogen and oxygen atoms in total. The number of fused-ring (bicyclic) bond motifs is 1. The van der Waals surface area contributed by atoms with Crippen LogP contribution in [-0.2, 0) is 17.8 Å². The molecule has 1 aromatic heterocycles. The number of nitrogens with one attached hydrogen (secondary N) is 1. The Morgan fingerprint density at radius 1 is 1.40 bits per heavy atom. The van der Waals surface area contributed by atoms with E-state index in [0.717, 1.165) is 18.5 Å². The van der Waals surface area contributed by atoms with Gasteiger partial charge in [-0.05, 0) is 30.2 Å². The lowest BCUT2D eigenvalue weighted by molar-refractivity contribution is 0.181. The van der Waals surface area contributed by atoms with Gasteiger partial charge in [0.1, 0.15) is 5.82 Å². The molecular formula is C15H17N3O2. The normalized spacial score (nSPS) is 13.6. The van der Waals surface area contributed by atoms with Crippen molar-refractivity contribution < 1.29 is 4.74 Å². The minimum absolute atomic E-state index is 0.153. The fourth-order valence-electron chi connectivity index (χ4n) is 2.58. The van der Waals surface area contributed by atoms with E-state index in [-0.39, 0.29) is 5.56 Å². The molecule has 0 unspecified atom stereocenters. The summed E-state index contributed by atoms with van der Waals surface area (Å²) in [6, 6.07) is 7.65. The van der Waals surface area contributed by atoms with Crippen molar-refractivity contribution in [1.29, 1.82) is 0 Å². The van der Waals surface area contributed by atoms with Crippen LogP contribution in [0, 0.1) is 0 Å². The zero-order valence-electron chi connectivity index (χ0n) is 11.6. The lowest BCUT2D eigenvalue weighted by Crippen LogP contribution is -2.12. The van der Waals surface area contributed by atoms with Gasteiger partial charge in [-0.15, -0.1) is 0 Å². The summed E-state index contributed by atoms with van der Waals surface area (Å²) in [7, 11) is 3.68. The van der Waals surface area contributed by atoms with Crippen molar-refractivity contribution in [1.82, 2.24) is 9.97 Å². The number of likely N-dealkylation sites (N-methyl/N-ethyl adjacent to an activating group) is 1. The molecule has 0 radical (unpaired) electrons. The number of aromatic nitrogens is 2. The maximum absolute atomic E-state index is 11.7. The van der Waals surface area contributed by atoms with Crippen LogP contribution in [0.3, 0.4) is 0 Å². The zero-order chi connectivity index (χ0) is 14.1. The smallest absolute Gasteiger partial charge is 0.251 e. The number of hydrogen-bond acceptors (Lipinski definition) is 4. The number of ether oxygens (including phenoxy) is 1. The maximum Gasteiger partial charge on any atom is 0.251 e. The van der Waals surface area contributed by atoms with Crippen LogP contribution >= 0.6 is 0 Å². The van der Waals surface area contributed by atoms with Gasteiger partial charge in [0, 0.05) is 38.0 Å². The van der Waals surface area contributed by atoms with Gasteiger partial charge in [-0.1, -0.05) is 0 Å². The fourth-order valence-corrected chi connectivity index (χ4v) is 2.58. The number of aromatic amines is 1. The Kier molecular flexibility index (Phi) is 3.28. The molecule has 1 aliphatic rings. The van der Waals surface area contributed by atoms with Crippen LogP contribution in [0.5, 0.6) is 0 Å². The van der Waals surface area contributed by atoms with Crippen LogP contribution in [0.2, 0.25) is 0 Å². The van der Waals surface area contributed by atoms with Crippen LogP contribution in [0.25, 0.3) is 11.4 Å². The molecule has 1 aromatic carbocycles. The highest BCUT2D eigenvalue weighted by Crippen LogP contribution is 2.29. The van der Waals surface area contributed by atoms with E-state index >= 15 is 0 Å². The lowest BCUT2D eigenvalue weighted by Gasteiger charge is -2.12. The summed E-state index contributed by atoms with van der Waals surface area (Å²) in [5, 5.41) is 0. The predicted molar refractivity (Wildman–Crippen MR) is 78.0 cm³/mol. The molecule has 0 amide bonds. The molecule has 0 aliphatic carbocycles. The third-order valence-electron chi connectivity index (χ3n) is 3.57. The average molecular weight is 271 g/mol. The largest absolute Gasteiger partial charge is 0.378 e. The van der Waals surface area contributed by atoms with Gasteiger partial charge in [0.05, 0.1) is 12.3 Å². The van der Waals surface area contributed by atoms with E-state index in [4.69, 9.17) is 4.74 Å². The van der Waals surface area contributed by atoms with E-state index in [0.29, 0.717) is 18.1 Å². The van der Waals surface area contributed by atoms with Crippen LogP contribution in [-0.4, -0.2) is 30.7 Å². The number of rotatable bonds is 3. The van der Waals surface area contributed by atoms with Gasteiger partial charge in [-0.2, -0.15) is 0 Å². The average Bonchev–Trinajstić information content (AvgIpc) is 2.80. The van der Waals surface area contributed by atoms with Crippen LogP contribution in [0.15, 0.2) is 29.1 Å². The second kappa shape index (κ2) is 5.09. The van der Waals surface area contributed by atoms with Crippen LogP contribution < -0.4 is 10.5 Å². The Morgan fingerprint density at radius 3 is 3.05 bits per heavy atom.